The molecule has 0 N–H and O–H groups in total. The molecule has 0 unspecified atom stereocenters. The minimum atomic E-state index is 0.755. The van der Waals surface area contributed by atoms with Gasteiger partial charge in [0.2, 0.25) is 0 Å². The van der Waals surface area contributed by atoms with Gasteiger partial charge in [0.15, 0.2) is 0 Å². The highest BCUT2D eigenvalue weighted by molar-refractivity contribution is 8.13. The van der Waals surface area contributed by atoms with Crippen molar-refractivity contribution in [3.05, 3.63) is 89.6 Å². The molecule has 0 atom stereocenters. The van der Waals surface area contributed by atoms with Crippen LogP contribution in [0.2, 0.25) is 0 Å². The van der Waals surface area contributed by atoms with Crippen molar-refractivity contribution in [3.8, 4) is 0 Å². The van der Waals surface area contributed by atoms with Crippen LogP contribution in [0.3, 0.4) is 0 Å². The van der Waals surface area contributed by atoms with Crippen molar-refractivity contribution >= 4 is 34.3 Å². The Hall–Kier alpha value is -2.11. The largest absolute Gasteiger partial charge is 0.468 e. The van der Waals surface area contributed by atoms with Gasteiger partial charge in [-0.2, -0.15) is 0 Å². The Labute approximate surface area is 156 Å². The van der Waals surface area contributed by atoms with Gasteiger partial charge in [0.25, 0.3) is 0 Å². The van der Waals surface area contributed by atoms with Crippen molar-refractivity contribution in [2.45, 2.75) is 18.4 Å². The molecule has 0 amide bonds. The lowest BCUT2D eigenvalue weighted by molar-refractivity contribution is 0.530. The molecule has 0 saturated heterocycles. The number of hydrogen-bond donors (Lipinski definition) is 0. The molecule has 0 aliphatic rings. The average molecular weight is 370 g/mol. The number of nitrogens with zero attached hydrogens (tertiary/aromatic N) is 1. The molecule has 2 aromatic heterocycles. The van der Waals surface area contributed by atoms with Gasteiger partial charge in [-0.25, -0.2) is 4.99 Å². The van der Waals surface area contributed by atoms with Crippen LogP contribution in [0.15, 0.2) is 86.4 Å². The minimum absolute atomic E-state index is 0.755. The van der Waals surface area contributed by atoms with E-state index >= 15 is 0 Å². The maximum absolute atomic E-state index is 5.41. The lowest BCUT2D eigenvalue weighted by Crippen LogP contribution is -1.88. The average Bonchev–Trinajstić information content (AvgIpc) is 3.32. The van der Waals surface area contributed by atoms with Crippen LogP contribution in [0.4, 0.5) is 5.69 Å². The second-order valence-corrected chi connectivity index (χ2v) is 7.24. The second kappa shape index (κ2) is 9.39. The molecule has 1 aromatic carbocycles. The minimum Gasteiger partial charge on any atom is -0.468 e. The second-order valence-electron chi connectivity index (χ2n) is 5.35. The topological polar surface area (TPSA) is 38.6 Å². The van der Waals surface area contributed by atoms with Gasteiger partial charge in [0.1, 0.15) is 11.5 Å². The zero-order chi connectivity index (χ0) is 17.3. The van der Waals surface area contributed by atoms with Crippen LogP contribution in [0.1, 0.15) is 17.1 Å². The summed E-state index contributed by atoms with van der Waals surface area (Å²) in [5.41, 5.74) is 2.18. The highest BCUT2D eigenvalue weighted by atomic mass is 32.2. The quantitative estimate of drug-likeness (QED) is 0.348. The fourth-order valence-corrected chi connectivity index (χ4v) is 3.56. The van der Waals surface area contributed by atoms with Gasteiger partial charge in [-0.15, -0.1) is 11.8 Å². The first kappa shape index (κ1) is 17.7. The van der Waals surface area contributed by atoms with E-state index in [-0.39, 0.29) is 0 Å². The fourth-order valence-electron chi connectivity index (χ4n) is 2.04. The molecule has 0 aliphatic heterocycles. The zero-order valence-electron chi connectivity index (χ0n) is 13.9. The summed E-state index contributed by atoms with van der Waals surface area (Å²) in [4.78, 5) is 4.75. The van der Waals surface area contributed by atoms with E-state index in [1.54, 1.807) is 36.1 Å². The van der Waals surface area contributed by atoms with Crippen LogP contribution in [0.25, 0.3) is 0 Å². The van der Waals surface area contributed by atoms with Crippen LogP contribution >= 0.6 is 23.5 Å². The number of aryl methyl sites for hydroxylation is 1. The molecule has 3 rings (SSSR count). The van der Waals surface area contributed by atoms with Gasteiger partial charge in [-0.1, -0.05) is 29.5 Å². The molecule has 0 radical (unpaired) electrons. The first-order valence-electron chi connectivity index (χ1n) is 7.91. The molecular formula is C20H19NO2S2. The van der Waals surface area contributed by atoms with E-state index in [9.17, 15) is 0 Å². The molecule has 128 valence electrons. The van der Waals surface area contributed by atoms with Crippen molar-refractivity contribution in [2.24, 2.45) is 4.99 Å². The molecule has 0 bridgehead atoms. The summed E-state index contributed by atoms with van der Waals surface area (Å²) in [7, 11) is 0. The Balaban J connectivity index is 1.65. The molecule has 5 heteroatoms. The molecule has 0 aliphatic carbocycles. The molecule has 25 heavy (non-hydrogen) atoms. The van der Waals surface area contributed by atoms with Crippen molar-refractivity contribution in [1.82, 2.24) is 0 Å². The van der Waals surface area contributed by atoms with E-state index < -0.39 is 0 Å². The van der Waals surface area contributed by atoms with Crippen molar-refractivity contribution < 1.29 is 8.83 Å². The summed E-state index contributed by atoms with van der Waals surface area (Å²) in [5.74, 6) is 3.47. The molecule has 0 saturated carbocycles. The third-order valence-corrected chi connectivity index (χ3v) is 5.06. The predicted molar refractivity (Wildman–Crippen MR) is 107 cm³/mol. The summed E-state index contributed by atoms with van der Waals surface area (Å²) >= 11 is 3.34. The van der Waals surface area contributed by atoms with Gasteiger partial charge in [-0.3, -0.25) is 0 Å². The number of aliphatic imine (C=N–C) groups is 1. The normalized spacial score (nSPS) is 12.1. The smallest absolute Gasteiger partial charge is 0.114 e. The standard InChI is InChI=1S/C20H19NO2S2/c1-16-6-8-17(9-7-16)21-20(25-15-19-5-3-12-23-19)10-13-24-14-18-4-2-11-22-18/h2-13H,14-15H2,1H3. The molecule has 3 aromatic rings. The molecule has 3 nitrogen and oxygen atoms in total. The Morgan fingerprint density at radius 2 is 1.64 bits per heavy atom. The van der Waals surface area contributed by atoms with E-state index in [1.165, 1.54) is 5.56 Å². The van der Waals surface area contributed by atoms with E-state index in [0.717, 1.165) is 33.8 Å². The monoisotopic (exact) mass is 369 g/mol. The van der Waals surface area contributed by atoms with E-state index in [0.29, 0.717) is 0 Å². The molecular weight excluding hydrogens is 350 g/mol. The third kappa shape index (κ3) is 6.03. The van der Waals surface area contributed by atoms with E-state index in [1.807, 2.05) is 42.5 Å². The molecule has 0 fully saturated rings. The first-order valence-corrected chi connectivity index (χ1v) is 9.94. The summed E-state index contributed by atoms with van der Waals surface area (Å²) < 4.78 is 10.7. The van der Waals surface area contributed by atoms with Gasteiger partial charge in [0, 0.05) is 0 Å². The van der Waals surface area contributed by atoms with Gasteiger partial charge in [0.05, 0.1) is 34.8 Å². The number of hydrogen-bond acceptors (Lipinski definition) is 5. The predicted octanol–water partition coefficient (Wildman–Crippen LogP) is 6.59. The van der Waals surface area contributed by atoms with Gasteiger partial charge in [-0.05, 0) is 54.8 Å². The Morgan fingerprint density at radius 3 is 2.28 bits per heavy atom. The summed E-state index contributed by atoms with van der Waals surface area (Å²) in [6, 6.07) is 16.0. The number of thioether (sulfide) groups is 2. The first-order chi connectivity index (χ1) is 12.3. The maximum Gasteiger partial charge on any atom is 0.114 e. The Bertz CT molecular complexity index is 804. The number of benzene rings is 1. The van der Waals surface area contributed by atoms with Crippen molar-refractivity contribution in [2.75, 3.05) is 0 Å². The van der Waals surface area contributed by atoms with Gasteiger partial charge < -0.3 is 8.83 Å². The molecule has 2 heterocycles. The van der Waals surface area contributed by atoms with Crippen molar-refractivity contribution in [3.63, 3.8) is 0 Å². The highest BCUT2D eigenvalue weighted by Crippen LogP contribution is 2.22. The van der Waals surface area contributed by atoms with Crippen LogP contribution in [0.5, 0.6) is 0 Å². The Morgan fingerprint density at radius 1 is 0.960 bits per heavy atom. The van der Waals surface area contributed by atoms with Crippen LogP contribution < -0.4 is 0 Å². The third-order valence-electron chi connectivity index (χ3n) is 3.33. The SMILES string of the molecule is Cc1ccc(N=C(C=CSCc2ccco2)SCc2ccco2)cc1. The van der Waals surface area contributed by atoms with Crippen LogP contribution in [0, 0.1) is 6.92 Å². The van der Waals surface area contributed by atoms with E-state index in [2.05, 4.69) is 24.5 Å². The summed E-state index contributed by atoms with van der Waals surface area (Å²) in [5, 5.41) is 3.01. The molecule has 0 spiro atoms. The van der Waals surface area contributed by atoms with Gasteiger partial charge >= 0.3 is 0 Å². The van der Waals surface area contributed by atoms with Crippen LogP contribution in [-0.4, -0.2) is 5.04 Å². The zero-order valence-corrected chi connectivity index (χ0v) is 15.6. The van der Waals surface area contributed by atoms with Crippen molar-refractivity contribution in [1.29, 1.82) is 0 Å². The lowest BCUT2D eigenvalue weighted by atomic mass is 10.2. The summed E-state index contributed by atoms with van der Waals surface area (Å²) in [6.07, 6.45) is 5.44. The lowest BCUT2D eigenvalue weighted by Gasteiger charge is -2.02. The Kier molecular flexibility index (Phi) is 6.65. The summed E-state index contributed by atoms with van der Waals surface area (Å²) in [6.45, 7) is 2.07. The fraction of sp³-hybridized carbons (Fsp3) is 0.150. The van der Waals surface area contributed by atoms with E-state index in [4.69, 9.17) is 13.8 Å². The highest BCUT2D eigenvalue weighted by Gasteiger charge is 2.02. The number of furan rings is 2. The van der Waals surface area contributed by atoms with Crippen LogP contribution in [-0.2, 0) is 11.5 Å². The number of rotatable bonds is 7. The maximum atomic E-state index is 5.41.